The van der Waals surface area contributed by atoms with Gasteiger partial charge < -0.3 is 11.1 Å². The lowest BCUT2D eigenvalue weighted by atomic mass is 10.0. The fourth-order valence-corrected chi connectivity index (χ4v) is 1.35. The molecule has 0 saturated carbocycles. The molecule has 3 nitrogen and oxygen atoms in total. The van der Waals surface area contributed by atoms with E-state index in [-0.39, 0.29) is 11.9 Å². The van der Waals surface area contributed by atoms with E-state index >= 15 is 0 Å². The Morgan fingerprint density at radius 3 is 2.67 bits per heavy atom. The van der Waals surface area contributed by atoms with E-state index in [4.69, 9.17) is 5.73 Å². The van der Waals surface area contributed by atoms with Crippen LogP contribution in [-0.4, -0.2) is 12.5 Å². The number of nitrogens with two attached hydrogens (primary N) is 1. The Morgan fingerprint density at radius 2 is 2.07 bits per heavy atom. The highest BCUT2D eigenvalue weighted by Crippen LogP contribution is 2.12. The summed E-state index contributed by atoms with van der Waals surface area (Å²) >= 11 is 0. The molecule has 1 atom stereocenters. The Labute approximate surface area is 90.7 Å². The molecule has 1 rings (SSSR count). The molecular formula is C12H18N2O. The lowest BCUT2D eigenvalue weighted by Crippen LogP contribution is -2.27. The predicted octanol–water partition coefficient (Wildman–Crippen LogP) is 1.60. The second-order valence-electron chi connectivity index (χ2n) is 3.57. The smallest absolute Gasteiger partial charge is 0.221 e. The van der Waals surface area contributed by atoms with Crippen molar-refractivity contribution in [1.82, 2.24) is 5.32 Å². The molecule has 0 saturated heterocycles. The van der Waals surface area contributed by atoms with Crippen LogP contribution in [0.4, 0.5) is 0 Å². The van der Waals surface area contributed by atoms with E-state index in [2.05, 4.69) is 5.32 Å². The summed E-state index contributed by atoms with van der Waals surface area (Å²) in [7, 11) is 0. The zero-order valence-corrected chi connectivity index (χ0v) is 9.07. The Morgan fingerprint density at radius 1 is 1.40 bits per heavy atom. The second-order valence-corrected chi connectivity index (χ2v) is 3.57. The van der Waals surface area contributed by atoms with E-state index in [0.717, 1.165) is 18.5 Å². The molecule has 0 spiro atoms. The van der Waals surface area contributed by atoms with Crippen molar-refractivity contribution in [1.29, 1.82) is 0 Å². The first-order valence-electron chi connectivity index (χ1n) is 5.31. The fourth-order valence-electron chi connectivity index (χ4n) is 1.35. The normalized spacial score (nSPS) is 12.1. The molecule has 0 bridgehead atoms. The van der Waals surface area contributed by atoms with E-state index in [1.165, 1.54) is 0 Å². The molecule has 3 heteroatoms. The minimum atomic E-state index is -0.206. The molecule has 1 aromatic rings. The lowest BCUT2D eigenvalue weighted by Gasteiger charge is -2.11. The van der Waals surface area contributed by atoms with Crippen molar-refractivity contribution in [2.45, 2.75) is 25.8 Å². The van der Waals surface area contributed by atoms with Gasteiger partial charge in [0.05, 0.1) is 0 Å². The van der Waals surface area contributed by atoms with Gasteiger partial charge in [0, 0.05) is 19.0 Å². The summed E-state index contributed by atoms with van der Waals surface area (Å²) in [5.74, 6) is 0.0215. The summed E-state index contributed by atoms with van der Waals surface area (Å²) in [5, 5.41) is 2.81. The molecule has 82 valence electrons. The Bertz CT molecular complexity index is 298. The molecule has 0 aromatic heterocycles. The van der Waals surface area contributed by atoms with Gasteiger partial charge in [-0.25, -0.2) is 0 Å². The Balaban J connectivity index is 2.42. The number of amides is 1. The van der Waals surface area contributed by atoms with Crippen LogP contribution in [0.15, 0.2) is 30.3 Å². The van der Waals surface area contributed by atoms with Crippen LogP contribution < -0.4 is 11.1 Å². The first kappa shape index (κ1) is 11.7. The molecule has 3 N–H and O–H groups in total. The quantitative estimate of drug-likeness (QED) is 0.769. The van der Waals surface area contributed by atoms with Crippen molar-refractivity contribution in [2.24, 2.45) is 5.73 Å². The summed E-state index contributed by atoms with van der Waals surface area (Å²) in [6, 6.07) is 9.48. The van der Waals surface area contributed by atoms with Crippen LogP contribution in [0.3, 0.4) is 0 Å². The average molecular weight is 206 g/mol. The molecule has 0 fully saturated rings. The number of carbonyl (C=O) groups excluding carboxylic acids is 1. The van der Waals surface area contributed by atoms with Crippen molar-refractivity contribution in [3.63, 3.8) is 0 Å². The summed E-state index contributed by atoms with van der Waals surface area (Å²) in [6.07, 6.45) is 1.30. The van der Waals surface area contributed by atoms with Gasteiger partial charge in [-0.1, -0.05) is 37.3 Å². The highest BCUT2D eigenvalue weighted by atomic mass is 16.1. The van der Waals surface area contributed by atoms with E-state index in [0.29, 0.717) is 6.42 Å². The summed E-state index contributed by atoms with van der Waals surface area (Å²) in [6.45, 7) is 2.75. The van der Waals surface area contributed by atoms with Crippen LogP contribution in [0.25, 0.3) is 0 Å². The van der Waals surface area contributed by atoms with Gasteiger partial charge in [-0.15, -0.1) is 0 Å². The summed E-state index contributed by atoms with van der Waals surface area (Å²) in [4.78, 5) is 11.4. The lowest BCUT2D eigenvalue weighted by molar-refractivity contribution is -0.121. The van der Waals surface area contributed by atoms with Crippen molar-refractivity contribution in [3.8, 4) is 0 Å². The van der Waals surface area contributed by atoms with E-state index in [1.54, 1.807) is 0 Å². The molecule has 15 heavy (non-hydrogen) atoms. The van der Waals surface area contributed by atoms with Gasteiger partial charge in [0.15, 0.2) is 0 Å². The van der Waals surface area contributed by atoms with Gasteiger partial charge in [-0.05, 0) is 12.0 Å². The number of rotatable bonds is 5. The van der Waals surface area contributed by atoms with Crippen LogP contribution in [0.5, 0.6) is 0 Å². The van der Waals surface area contributed by atoms with E-state index < -0.39 is 0 Å². The molecule has 1 aromatic carbocycles. The minimum absolute atomic E-state index is 0.0215. The van der Waals surface area contributed by atoms with E-state index in [9.17, 15) is 4.79 Å². The van der Waals surface area contributed by atoms with Crippen LogP contribution in [0.2, 0.25) is 0 Å². The zero-order chi connectivity index (χ0) is 11.1. The molecule has 0 heterocycles. The van der Waals surface area contributed by atoms with Crippen LogP contribution in [0, 0.1) is 0 Å². The molecular weight excluding hydrogens is 188 g/mol. The van der Waals surface area contributed by atoms with Gasteiger partial charge in [0.25, 0.3) is 0 Å². The third kappa shape index (κ3) is 4.13. The molecule has 0 aliphatic rings. The van der Waals surface area contributed by atoms with Crippen LogP contribution in [-0.2, 0) is 4.79 Å². The monoisotopic (exact) mass is 206 g/mol. The van der Waals surface area contributed by atoms with Crippen LogP contribution in [0.1, 0.15) is 31.4 Å². The number of hydrogen-bond acceptors (Lipinski definition) is 2. The largest absolute Gasteiger partial charge is 0.356 e. The number of nitrogens with one attached hydrogen (secondary N) is 1. The topological polar surface area (TPSA) is 55.1 Å². The van der Waals surface area contributed by atoms with Gasteiger partial charge in [-0.2, -0.15) is 0 Å². The highest BCUT2D eigenvalue weighted by molar-refractivity contribution is 5.76. The maximum Gasteiger partial charge on any atom is 0.221 e. The Kier molecular flexibility index (Phi) is 4.84. The number of hydrogen-bond donors (Lipinski definition) is 2. The fraction of sp³-hybridized carbons (Fsp3) is 0.417. The zero-order valence-electron chi connectivity index (χ0n) is 9.07. The van der Waals surface area contributed by atoms with Crippen molar-refractivity contribution in [3.05, 3.63) is 35.9 Å². The van der Waals surface area contributed by atoms with Crippen LogP contribution >= 0.6 is 0 Å². The maximum absolute atomic E-state index is 11.4. The standard InChI is InChI=1S/C12H18N2O/c1-2-8-14-12(15)9-11(13)10-6-4-3-5-7-10/h3-7,11H,2,8-9,13H2,1H3,(H,14,15). The first-order valence-corrected chi connectivity index (χ1v) is 5.31. The van der Waals surface area contributed by atoms with Crippen molar-refractivity contribution < 1.29 is 4.79 Å². The number of carbonyl (C=O) groups is 1. The van der Waals surface area contributed by atoms with Crippen molar-refractivity contribution >= 4 is 5.91 Å². The van der Waals surface area contributed by atoms with Gasteiger partial charge in [0.2, 0.25) is 5.91 Å². The minimum Gasteiger partial charge on any atom is -0.356 e. The molecule has 1 amide bonds. The summed E-state index contributed by atoms with van der Waals surface area (Å²) < 4.78 is 0. The molecule has 0 aliphatic carbocycles. The predicted molar refractivity (Wildman–Crippen MR) is 61.3 cm³/mol. The van der Waals surface area contributed by atoms with E-state index in [1.807, 2.05) is 37.3 Å². The number of benzene rings is 1. The van der Waals surface area contributed by atoms with Gasteiger partial charge in [0.1, 0.15) is 0 Å². The van der Waals surface area contributed by atoms with Gasteiger partial charge >= 0.3 is 0 Å². The SMILES string of the molecule is CCCNC(=O)CC(N)c1ccccc1. The Hall–Kier alpha value is -1.35. The van der Waals surface area contributed by atoms with Crippen molar-refractivity contribution in [2.75, 3.05) is 6.54 Å². The third-order valence-corrected chi connectivity index (χ3v) is 2.21. The highest BCUT2D eigenvalue weighted by Gasteiger charge is 2.10. The summed E-state index contributed by atoms with van der Waals surface area (Å²) in [5.41, 5.74) is 6.91. The average Bonchev–Trinajstić information content (AvgIpc) is 2.27. The third-order valence-electron chi connectivity index (χ3n) is 2.21. The molecule has 0 aliphatic heterocycles. The van der Waals surface area contributed by atoms with Gasteiger partial charge in [-0.3, -0.25) is 4.79 Å². The maximum atomic E-state index is 11.4. The first-order chi connectivity index (χ1) is 7.24. The second kappa shape index (κ2) is 6.19. The molecule has 1 unspecified atom stereocenters. The molecule has 0 radical (unpaired) electrons.